The van der Waals surface area contributed by atoms with Crippen molar-refractivity contribution >= 4 is 22.8 Å². The number of rotatable bonds is 2. The number of nitrogens with one attached hydrogen (secondary N) is 1. The lowest BCUT2D eigenvalue weighted by Crippen LogP contribution is -2.39. The maximum absolute atomic E-state index is 12.8. The Labute approximate surface area is 126 Å². The summed E-state index contributed by atoms with van der Waals surface area (Å²) in [5, 5.41) is 4.18. The lowest BCUT2D eigenvalue weighted by Gasteiger charge is -2.21. The van der Waals surface area contributed by atoms with Gasteiger partial charge in [0.15, 0.2) is 11.2 Å². The molecule has 116 valence electrons. The van der Waals surface area contributed by atoms with Crippen LogP contribution in [0.5, 0.6) is 0 Å². The van der Waals surface area contributed by atoms with E-state index in [1.807, 2.05) is 26.8 Å². The van der Waals surface area contributed by atoms with Gasteiger partial charge in [0.25, 0.3) is 5.56 Å². The smallest absolute Gasteiger partial charge is 0.294 e. The first-order valence-corrected chi connectivity index (χ1v) is 7.10. The molecule has 1 aliphatic rings. The largest absolute Gasteiger partial charge is 0.332 e. The summed E-state index contributed by atoms with van der Waals surface area (Å²) in [6.07, 6.45) is 3.58. The zero-order chi connectivity index (χ0) is 16.0. The van der Waals surface area contributed by atoms with E-state index >= 15 is 0 Å². The third kappa shape index (κ3) is 1.83. The van der Waals surface area contributed by atoms with Gasteiger partial charge in [-0.2, -0.15) is 10.1 Å². The monoisotopic (exact) mass is 302 g/mol. The van der Waals surface area contributed by atoms with Gasteiger partial charge in [0, 0.05) is 13.6 Å². The molecule has 1 aliphatic heterocycles. The van der Waals surface area contributed by atoms with E-state index in [1.54, 1.807) is 17.7 Å². The molecule has 3 heterocycles. The molecule has 2 aromatic heterocycles. The molecule has 2 aromatic rings. The molecule has 0 fully saturated rings. The normalized spacial score (nSPS) is 17.6. The molecule has 0 aliphatic carbocycles. The second-order valence-corrected chi connectivity index (χ2v) is 5.34. The van der Waals surface area contributed by atoms with Crippen molar-refractivity contribution in [3.05, 3.63) is 33.0 Å². The van der Waals surface area contributed by atoms with E-state index in [9.17, 15) is 9.59 Å². The van der Waals surface area contributed by atoms with Gasteiger partial charge in [0.1, 0.15) is 0 Å². The van der Waals surface area contributed by atoms with Crippen LogP contribution in [0.3, 0.4) is 0 Å². The number of allylic oxidation sites excluding steroid dienone is 2. The number of hydrazone groups is 1. The average Bonchev–Trinajstić information content (AvgIpc) is 2.89. The standard InChI is InChI=1S/C14H18N6O2/c1-5-6-7-19-12(21)10-11(18(4)14(19)22)15-13-17-16-8(2)9(3)20(10)13/h5-6,9H,7H2,1-4H3,(H,15,17)/b6-5-/t9-/m0/s1. The number of anilines is 1. The molecule has 0 radical (unpaired) electrons. The Kier molecular flexibility index (Phi) is 3.23. The molecule has 0 bridgehead atoms. The number of hydrogen-bond donors (Lipinski definition) is 1. The minimum atomic E-state index is -0.378. The van der Waals surface area contributed by atoms with Gasteiger partial charge in [-0.1, -0.05) is 12.2 Å². The van der Waals surface area contributed by atoms with Crippen molar-refractivity contribution in [1.29, 1.82) is 0 Å². The van der Waals surface area contributed by atoms with Gasteiger partial charge in [-0.3, -0.25) is 18.5 Å². The van der Waals surface area contributed by atoms with E-state index in [4.69, 9.17) is 0 Å². The third-order valence-corrected chi connectivity index (χ3v) is 4.02. The molecule has 3 rings (SSSR count). The number of imidazole rings is 1. The zero-order valence-electron chi connectivity index (χ0n) is 13.0. The summed E-state index contributed by atoms with van der Waals surface area (Å²) in [7, 11) is 1.62. The van der Waals surface area contributed by atoms with Crippen LogP contribution >= 0.6 is 0 Å². The van der Waals surface area contributed by atoms with Gasteiger partial charge < -0.3 is 0 Å². The Morgan fingerprint density at radius 1 is 1.36 bits per heavy atom. The molecule has 1 N–H and O–H groups in total. The second kappa shape index (κ2) is 4.97. The van der Waals surface area contributed by atoms with Gasteiger partial charge in [-0.25, -0.2) is 10.2 Å². The number of hydrogen-bond acceptors (Lipinski definition) is 5. The molecule has 0 aromatic carbocycles. The van der Waals surface area contributed by atoms with Gasteiger partial charge in [0.05, 0.1) is 11.8 Å². The fourth-order valence-electron chi connectivity index (χ4n) is 2.59. The fourth-order valence-corrected chi connectivity index (χ4v) is 2.59. The molecule has 8 nitrogen and oxygen atoms in total. The average molecular weight is 302 g/mol. The van der Waals surface area contributed by atoms with Crippen LogP contribution < -0.4 is 16.7 Å². The van der Waals surface area contributed by atoms with E-state index < -0.39 is 0 Å². The van der Waals surface area contributed by atoms with Crippen molar-refractivity contribution < 1.29 is 0 Å². The predicted molar refractivity (Wildman–Crippen MR) is 85.5 cm³/mol. The van der Waals surface area contributed by atoms with Crippen LogP contribution in [0.15, 0.2) is 26.8 Å². The SMILES string of the molecule is C/C=C\Cn1c(=O)c2c(nc3n2[C@@H](C)C(C)=NN3)n(C)c1=O. The molecule has 22 heavy (non-hydrogen) atoms. The molecule has 0 amide bonds. The summed E-state index contributed by atoms with van der Waals surface area (Å²) in [6.45, 7) is 5.92. The van der Waals surface area contributed by atoms with Crippen LogP contribution in [-0.2, 0) is 13.6 Å². The highest BCUT2D eigenvalue weighted by atomic mass is 16.2. The van der Waals surface area contributed by atoms with E-state index in [-0.39, 0.29) is 23.8 Å². The summed E-state index contributed by atoms with van der Waals surface area (Å²) in [4.78, 5) is 29.5. The Morgan fingerprint density at radius 3 is 2.77 bits per heavy atom. The first-order chi connectivity index (χ1) is 10.5. The maximum Gasteiger partial charge on any atom is 0.332 e. The summed E-state index contributed by atoms with van der Waals surface area (Å²) in [5.74, 6) is 0.476. The Hall–Kier alpha value is -2.64. The lowest BCUT2D eigenvalue weighted by atomic mass is 10.2. The lowest BCUT2D eigenvalue weighted by molar-refractivity contribution is 0.652. The molecule has 1 atom stereocenters. The van der Waals surface area contributed by atoms with Crippen LogP contribution in [0.1, 0.15) is 26.8 Å². The van der Waals surface area contributed by atoms with Crippen LogP contribution in [0.2, 0.25) is 0 Å². The summed E-state index contributed by atoms with van der Waals surface area (Å²) in [6, 6.07) is -0.0957. The first-order valence-electron chi connectivity index (χ1n) is 7.10. The fraction of sp³-hybridized carbons (Fsp3) is 0.429. The molecular formula is C14H18N6O2. The molecule has 0 saturated heterocycles. The second-order valence-electron chi connectivity index (χ2n) is 5.34. The van der Waals surface area contributed by atoms with Gasteiger partial charge >= 0.3 is 5.69 Å². The minimum absolute atomic E-state index is 0.0957. The van der Waals surface area contributed by atoms with Gasteiger partial charge in [-0.15, -0.1) is 0 Å². The Morgan fingerprint density at radius 2 is 2.09 bits per heavy atom. The zero-order valence-corrected chi connectivity index (χ0v) is 13.0. The topological polar surface area (TPSA) is 86.2 Å². The van der Waals surface area contributed by atoms with E-state index in [2.05, 4.69) is 15.5 Å². The van der Waals surface area contributed by atoms with Crippen molar-refractivity contribution in [1.82, 2.24) is 18.7 Å². The Bertz CT molecular complexity index is 927. The van der Waals surface area contributed by atoms with Crippen LogP contribution in [0, 0.1) is 0 Å². The van der Waals surface area contributed by atoms with Crippen molar-refractivity contribution in [2.45, 2.75) is 33.4 Å². The van der Waals surface area contributed by atoms with Crippen LogP contribution in [0.25, 0.3) is 11.2 Å². The van der Waals surface area contributed by atoms with E-state index in [1.165, 1.54) is 9.13 Å². The first kappa shape index (κ1) is 14.3. The molecule has 8 heteroatoms. The minimum Gasteiger partial charge on any atom is -0.294 e. The molecular weight excluding hydrogens is 284 g/mol. The number of aromatic nitrogens is 4. The maximum atomic E-state index is 12.8. The molecule has 0 unspecified atom stereocenters. The Balaban J connectivity index is 2.41. The highest BCUT2D eigenvalue weighted by Crippen LogP contribution is 2.25. The number of nitrogens with zero attached hydrogens (tertiary/aromatic N) is 5. The van der Waals surface area contributed by atoms with Crippen molar-refractivity contribution in [2.24, 2.45) is 12.1 Å². The van der Waals surface area contributed by atoms with Crippen molar-refractivity contribution in [2.75, 3.05) is 5.43 Å². The quantitative estimate of drug-likeness (QED) is 0.833. The van der Waals surface area contributed by atoms with Gasteiger partial charge in [-0.05, 0) is 20.8 Å². The highest BCUT2D eigenvalue weighted by Gasteiger charge is 2.26. The third-order valence-electron chi connectivity index (χ3n) is 4.02. The summed E-state index contributed by atoms with van der Waals surface area (Å²) in [5.41, 5.74) is 3.74. The van der Waals surface area contributed by atoms with Gasteiger partial charge in [0.2, 0.25) is 5.95 Å². The summed E-state index contributed by atoms with van der Waals surface area (Å²) >= 11 is 0. The molecule has 0 saturated carbocycles. The number of aryl methyl sites for hydroxylation is 1. The number of fused-ring (bicyclic) bond motifs is 3. The van der Waals surface area contributed by atoms with E-state index in [0.29, 0.717) is 17.1 Å². The highest BCUT2D eigenvalue weighted by molar-refractivity contribution is 5.90. The summed E-state index contributed by atoms with van der Waals surface area (Å²) < 4.78 is 4.41. The van der Waals surface area contributed by atoms with Crippen LogP contribution in [-0.4, -0.2) is 24.4 Å². The van der Waals surface area contributed by atoms with Crippen molar-refractivity contribution in [3.63, 3.8) is 0 Å². The molecule has 0 spiro atoms. The predicted octanol–water partition coefficient (Wildman–Crippen LogP) is 0.835. The van der Waals surface area contributed by atoms with Crippen molar-refractivity contribution in [3.8, 4) is 0 Å². The van der Waals surface area contributed by atoms with Crippen LogP contribution in [0.4, 0.5) is 5.95 Å². The van der Waals surface area contributed by atoms with E-state index in [0.717, 1.165) is 5.71 Å².